The maximum absolute atomic E-state index is 12.2. The molecule has 9 heteroatoms. The summed E-state index contributed by atoms with van der Waals surface area (Å²) in [6.07, 6.45) is -2.13. The Balaban J connectivity index is 0.00000480. The number of likely N-dealkylation sites (tertiary alicyclic amines) is 1. The van der Waals surface area contributed by atoms with Crippen LogP contribution >= 0.6 is 24.0 Å². The van der Waals surface area contributed by atoms with Gasteiger partial charge < -0.3 is 20.3 Å². The van der Waals surface area contributed by atoms with Crippen LogP contribution in [0.5, 0.6) is 0 Å². The molecule has 0 bridgehead atoms. The fourth-order valence-corrected chi connectivity index (χ4v) is 3.56. The fourth-order valence-electron chi connectivity index (χ4n) is 3.56. The molecule has 1 fully saturated rings. The molecule has 0 amide bonds. The molecule has 1 aliphatic heterocycles. The first-order valence-corrected chi connectivity index (χ1v) is 10.7. The third-order valence-electron chi connectivity index (χ3n) is 4.84. The zero-order chi connectivity index (χ0) is 22.0. The molecule has 1 heterocycles. The number of nitrogens with zero attached hydrogens (tertiary/aromatic N) is 2. The SMILES string of the molecule is CCNC(=NCc1cccc(COCC(F)(F)F)c1)NC1CCN(CC(C)C)CC1.I. The van der Waals surface area contributed by atoms with Gasteiger partial charge in [-0.3, -0.25) is 0 Å². The average molecular weight is 556 g/mol. The summed E-state index contributed by atoms with van der Waals surface area (Å²) in [5, 5.41) is 6.81. The van der Waals surface area contributed by atoms with E-state index in [9.17, 15) is 13.2 Å². The van der Waals surface area contributed by atoms with Crippen LogP contribution in [0.25, 0.3) is 0 Å². The molecule has 0 radical (unpaired) electrons. The lowest BCUT2D eigenvalue weighted by molar-refractivity contribution is -0.176. The van der Waals surface area contributed by atoms with E-state index in [4.69, 9.17) is 4.74 Å². The van der Waals surface area contributed by atoms with Crippen LogP contribution in [0.2, 0.25) is 0 Å². The molecule has 0 atom stereocenters. The van der Waals surface area contributed by atoms with E-state index in [2.05, 4.69) is 34.4 Å². The Morgan fingerprint density at radius 3 is 2.52 bits per heavy atom. The topological polar surface area (TPSA) is 48.9 Å². The predicted octanol–water partition coefficient (Wildman–Crippen LogP) is 4.56. The molecule has 1 aromatic carbocycles. The zero-order valence-electron chi connectivity index (χ0n) is 18.7. The molecule has 2 N–H and O–H groups in total. The molecular weight excluding hydrogens is 520 g/mol. The van der Waals surface area contributed by atoms with Crippen molar-refractivity contribution in [2.24, 2.45) is 10.9 Å². The number of aliphatic imine (C=N–C) groups is 1. The molecule has 31 heavy (non-hydrogen) atoms. The lowest BCUT2D eigenvalue weighted by atomic mass is 10.0. The van der Waals surface area contributed by atoms with Crippen LogP contribution in [0.4, 0.5) is 13.2 Å². The maximum Gasteiger partial charge on any atom is 0.411 e. The minimum Gasteiger partial charge on any atom is -0.367 e. The monoisotopic (exact) mass is 556 g/mol. The van der Waals surface area contributed by atoms with Gasteiger partial charge in [0.15, 0.2) is 5.96 Å². The number of alkyl halides is 3. The molecular formula is C22H36F3IN4O. The van der Waals surface area contributed by atoms with Gasteiger partial charge in [0.05, 0.1) is 13.2 Å². The molecule has 1 aliphatic rings. The molecule has 0 saturated carbocycles. The molecule has 178 valence electrons. The van der Waals surface area contributed by atoms with Gasteiger partial charge in [-0.2, -0.15) is 13.2 Å². The summed E-state index contributed by atoms with van der Waals surface area (Å²) in [7, 11) is 0. The van der Waals surface area contributed by atoms with Crippen LogP contribution in [-0.4, -0.2) is 55.9 Å². The van der Waals surface area contributed by atoms with E-state index in [1.54, 1.807) is 6.07 Å². The van der Waals surface area contributed by atoms with Gasteiger partial charge in [0.1, 0.15) is 6.61 Å². The van der Waals surface area contributed by atoms with Crippen molar-refractivity contribution in [3.8, 4) is 0 Å². The van der Waals surface area contributed by atoms with Crippen molar-refractivity contribution in [3.63, 3.8) is 0 Å². The Hall–Kier alpha value is -1.07. The highest BCUT2D eigenvalue weighted by Crippen LogP contribution is 2.16. The number of hydrogen-bond donors (Lipinski definition) is 2. The summed E-state index contributed by atoms with van der Waals surface area (Å²) < 4.78 is 41.4. The minimum atomic E-state index is -4.31. The van der Waals surface area contributed by atoms with E-state index >= 15 is 0 Å². The van der Waals surface area contributed by atoms with Crippen LogP contribution in [0.1, 0.15) is 44.7 Å². The van der Waals surface area contributed by atoms with Gasteiger partial charge >= 0.3 is 6.18 Å². The van der Waals surface area contributed by atoms with Crippen molar-refractivity contribution in [2.75, 3.05) is 32.8 Å². The molecule has 0 aromatic heterocycles. The van der Waals surface area contributed by atoms with Gasteiger partial charge in [0.25, 0.3) is 0 Å². The average Bonchev–Trinajstić information content (AvgIpc) is 2.67. The molecule has 2 rings (SSSR count). The van der Waals surface area contributed by atoms with Crippen molar-refractivity contribution >= 4 is 29.9 Å². The third kappa shape index (κ3) is 11.9. The number of halogens is 4. The summed E-state index contributed by atoms with van der Waals surface area (Å²) in [4.78, 5) is 7.18. The second-order valence-electron chi connectivity index (χ2n) is 8.24. The van der Waals surface area contributed by atoms with Gasteiger partial charge in [0.2, 0.25) is 0 Å². The molecule has 0 aliphatic carbocycles. The van der Waals surface area contributed by atoms with Crippen LogP contribution < -0.4 is 10.6 Å². The Morgan fingerprint density at radius 2 is 1.90 bits per heavy atom. The summed E-state index contributed by atoms with van der Waals surface area (Å²) in [5.74, 6) is 1.46. The highest BCUT2D eigenvalue weighted by molar-refractivity contribution is 14.0. The Kier molecular flexibility index (Phi) is 12.8. The van der Waals surface area contributed by atoms with E-state index in [0.29, 0.717) is 24.1 Å². The van der Waals surface area contributed by atoms with Crippen molar-refractivity contribution in [1.29, 1.82) is 0 Å². The number of nitrogens with one attached hydrogen (secondary N) is 2. The molecule has 0 spiro atoms. The first-order chi connectivity index (χ1) is 14.2. The smallest absolute Gasteiger partial charge is 0.367 e. The van der Waals surface area contributed by atoms with E-state index in [0.717, 1.165) is 50.5 Å². The zero-order valence-corrected chi connectivity index (χ0v) is 21.0. The highest BCUT2D eigenvalue weighted by Gasteiger charge is 2.27. The predicted molar refractivity (Wildman–Crippen MR) is 130 cm³/mol. The van der Waals surface area contributed by atoms with E-state index in [1.165, 1.54) is 0 Å². The number of rotatable bonds is 9. The second kappa shape index (κ2) is 14.2. The standard InChI is InChI=1S/C22H35F3N4O.HI/c1-4-26-21(28-20-8-10-29(11-9-20)14-17(2)3)27-13-18-6-5-7-19(12-18)15-30-16-22(23,24)25;/h5-7,12,17,20H,4,8-11,13-16H2,1-3H3,(H2,26,27,28);1H. The second-order valence-corrected chi connectivity index (χ2v) is 8.24. The van der Waals surface area contributed by atoms with Gasteiger partial charge in [-0.15, -0.1) is 24.0 Å². The Labute approximate surface area is 201 Å². The molecule has 0 unspecified atom stereocenters. The summed E-state index contributed by atoms with van der Waals surface area (Å²) in [6.45, 7) is 9.77. The Morgan fingerprint density at radius 1 is 1.23 bits per heavy atom. The number of ether oxygens (including phenoxy) is 1. The van der Waals surface area contributed by atoms with Crippen molar-refractivity contribution < 1.29 is 17.9 Å². The summed E-state index contributed by atoms with van der Waals surface area (Å²) >= 11 is 0. The lowest BCUT2D eigenvalue weighted by Crippen LogP contribution is -2.49. The highest BCUT2D eigenvalue weighted by atomic mass is 127. The molecule has 5 nitrogen and oxygen atoms in total. The Bertz CT molecular complexity index is 662. The normalized spacial score (nSPS) is 16.3. The van der Waals surface area contributed by atoms with E-state index in [-0.39, 0.29) is 30.6 Å². The first kappa shape index (κ1) is 28.0. The number of guanidine groups is 1. The van der Waals surface area contributed by atoms with Crippen molar-refractivity contribution in [2.45, 2.75) is 59.0 Å². The summed E-state index contributed by atoms with van der Waals surface area (Å²) in [6, 6.07) is 7.74. The quantitative estimate of drug-likeness (QED) is 0.266. The summed E-state index contributed by atoms with van der Waals surface area (Å²) in [5.41, 5.74) is 1.65. The van der Waals surface area contributed by atoms with E-state index < -0.39 is 12.8 Å². The van der Waals surface area contributed by atoms with Crippen LogP contribution in [0.3, 0.4) is 0 Å². The molecule has 1 saturated heterocycles. The van der Waals surface area contributed by atoms with Crippen LogP contribution in [0, 0.1) is 5.92 Å². The number of benzene rings is 1. The largest absolute Gasteiger partial charge is 0.411 e. The van der Waals surface area contributed by atoms with Gasteiger partial charge in [-0.1, -0.05) is 38.1 Å². The van der Waals surface area contributed by atoms with Crippen LogP contribution in [0.15, 0.2) is 29.3 Å². The van der Waals surface area contributed by atoms with Gasteiger partial charge in [-0.25, -0.2) is 4.99 Å². The first-order valence-electron chi connectivity index (χ1n) is 10.7. The third-order valence-corrected chi connectivity index (χ3v) is 4.84. The van der Waals surface area contributed by atoms with Crippen molar-refractivity contribution in [1.82, 2.24) is 15.5 Å². The molecule has 1 aromatic rings. The lowest BCUT2D eigenvalue weighted by Gasteiger charge is -2.34. The maximum atomic E-state index is 12.2. The van der Waals surface area contributed by atoms with E-state index in [1.807, 2.05) is 25.1 Å². The van der Waals surface area contributed by atoms with Crippen molar-refractivity contribution in [3.05, 3.63) is 35.4 Å². The van der Waals surface area contributed by atoms with Gasteiger partial charge in [0, 0.05) is 32.2 Å². The van der Waals surface area contributed by atoms with Crippen LogP contribution in [-0.2, 0) is 17.9 Å². The number of hydrogen-bond acceptors (Lipinski definition) is 3. The fraction of sp³-hybridized carbons (Fsp3) is 0.682. The van der Waals surface area contributed by atoms with Gasteiger partial charge in [-0.05, 0) is 36.8 Å². The number of piperidine rings is 1. The minimum absolute atomic E-state index is 0.